The quantitative estimate of drug-likeness (QED) is 0.876. The minimum absolute atomic E-state index is 0.000698. The Bertz CT molecular complexity index is 615. The van der Waals surface area contributed by atoms with Crippen LogP contribution in [0.15, 0.2) is 41.1 Å². The second kappa shape index (κ2) is 6.63. The Morgan fingerprint density at radius 3 is 2.55 bits per heavy atom. The number of methoxy groups -OCH3 is 1. The van der Waals surface area contributed by atoms with E-state index in [2.05, 4.69) is 22.1 Å². The lowest BCUT2D eigenvalue weighted by Crippen LogP contribution is -2.45. The molecule has 1 aliphatic carbocycles. The molecule has 1 saturated carbocycles. The first kappa shape index (κ1) is 15.3. The van der Waals surface area contributed by atoms with E-state index in [9.17, 15) is 4.79 Å². The predicted octanol–water partition coefficient (Wildman–Crippen LogP) is 3.96. The molecule has 0 aliphatic heterocycles. The molecule has 1 N–H and O–H groups in total. The third-order valence-electron chi connectivity index (χ3n) is 4.49. The monoisotopic (exact) mass is 315 g/mol. The summed E-state index contributed by atoms with van der Waals surface area (Å²) in [5.41, 5.74) is 3.21. The van der Waals surface area contributed by atoms with Crippen LogP contribution in [0, 0.1) is 5.41 Å². The highest BCUT2D eigenvalue weighted by Gasteiger charge is 2.37. The number of amides is 1. The number of ether oxygens (including phenoxy) is 1. The lowest BCUT2D eigenvalue weighted by atomic mass is 9.69. The van der Waals surface area contributed by atoms with E-state index in [1.54, 1.807) is 18.4 Å². The second-order valence-corrected chi connectivity index (χ2v) is 6.84. The molecule has 1 fully saturated rings. The van der Waals surface area contributed by atoms with Gasteiger partial charge in [-0.25, -0.2) is 0 Å². The van der Waals surface area contributed by atoms with Crippen molar-refractivity contribution in [2.24, 2.45) is 5.41 Å². The zero-order chi connectivity index (χ0) is 15.4. The number of thiophene rings is 1. The van der Waals surface area contributed by atoms with Crippen molar-refractivity contribution in [1.82, 2.24) is 5.32 Å². The molecule has 1 amide bonds. The van der Waals surface area contributed by atoms with E-state index < -0.39 is 0 Å². The molecule has 2 aromatic rings. The van der Waals surface area contributed by atoms with Gasteiger partial charge in [0.1, 0.15) is 0 Å². The third kappa shape index (κ3) is 3.23. The van der Waals surface area contributed by atoms with Gasteiger partial charge in [0.05, 0.1) is 6.61 Å². The molecular formula is C18H21NO2S. The summed E-state index contributed by atoms with van der Waals surface area (Å²) in [5.74, 6) is -0.000698. The highest BCUT2D eigenvalue weighted by atomic mass is 32.1. The largest absolute Gasteiger partial charge is 0.384 e. The van der Waals surface area contributed by atoms with Gasteiger partial charge in [0.25, 0.3) is 5.91 Å². The average molecular weight is 315 g/mol. The van der Waals surface area contributed by atoms with Gasteiger partial charge in [-0.15, -0.1) is 0 Å². The van der Waals surface area contributed by atoms with Crippen molar-refractivity contribution in [3.05, 3.63) is 46.7 Å². The molecule has 116 valence electrons. The fourth-order valence-electron chi connectivity index (χ4n) is 2.97. The van der Waals surface area contributed by atoms with Crippen LogP contribution in [-0.2, 0) is 4.74 Å². The van der Waals surface area contributed by atoms with Crippen LogP contribution in [-0.4, -0.2) is 26.2 Å². The number of hydrogen-bond donors (Lipinski definition) is 1. The number of benzene rings is 1. The fourth-order valence-corrected chi connectivity index (χ4v) is 3.63. The summed E-state index contributed by atoms with van der Waals surface area (Å²) < 4.78 is 5.29. The van der Waals surface area contributed by atoms with Crippen molar-refractivity contribution in [2.75, 3.05) is 20.3 Å². The number of rotatable bonds is 6. The van der Waals surface area contributed by atoms with Gasteiger partial charge >= 0.3 is 0 Å². The first-order chi connectivity index (χ1) is 10.7. The van der Waals surface area contributed by atoms with Crippen molar-refractivity contribution in [3.8, 4) is 11.1 Å². The normalized spacial score (nSPS) is 16.0. The van der Waals surface area contributed by atoms with Crippen LogP contribution < -0.4 is 5.32 Å². The Balaban J connectivity index is 1.60. The summed E-state index contributed by atoms with van der Waals surface area (Å²) in [7, 11) is 1.73. The smallest absolute Gasteiger partial charge is 0.251 e. The van der Waals surface area contributed by atoms with Gasteiger partial charge in [-0.05, 0) is 52.9 Å². The van der Waals surface area contributed by atoms with Crippen LogP contribution in [0.4, 0.5) is 0 Å². The first-order valence-electron chi connectivity index (χ1n) is 7.62. The molecule has 22 heavy (non-hydrogen) atoms. The maximum Gasteiger partial charge on any atom is 0.251 e. The zero-order valence-electron chi connectivity index (χ0n) is 12.8. The molecule has 0 radical (unpaired) electrons. The van der Waals surface area contributed by atoms with Gasteiger partial charge in [-0.1, -0.05) is 18.6 Å². The van der Waals surface area contributed by atoms with Gasteiger partial charge in [0, 0.05) is 24.6 Å². The molecule has 3 nitrogen and oxygen atoms in total. The predicted molar refractivity (Wildman–Crippen MR) is 90.2 cm³/mol. The summed E-state index contributed by atoms with van der Waals surface area (Å²) in [5, 5.41) is 7.23. The Morgan fingerprint density at radius 2 is 2.00 bits per heavy atom. The molecule has 1 aromatic heterocycles. The van der Waals surface area contributed by atoms with Crippen LogP contribution in [0.1, 0.15) is 29.6 Å². The Kier molecular flexibility index (Phi) is 4.60. The number of carbonyl (C=O) groups excluding carboxylic acids is 1. The molecule has 0 atom stereocenters. The zero-order valence-corrected chi connectivity index (χ0v) is 13.6. The molecule has 0 saturated heterocycles. The van der Waals surface area contributed by atoms with Gasteiger partial charge in [0.2, 0.25) is 0 Å². The molecule has 1 aliphatic rings. The highest BCUT2D eigenvalue weighted by molar-refractivity contribution is 7.08. The molecular weight excluding hydrogens is 294 g/mol. The lowest BCUT2D eigenvalue weighted by molar-refractivity contribution is 0.0180. The Morgan fingerprint density at radius 1 is 1.23 bits per heavy atom. The summed E-state index contributed by atoms with van der Waals surface area (Å²) in [6, 6.07) is 9.89. The first-order valence-corrected chi connectivity index (χ1v) is 8.57. The van der Waals surface area contributed by atoms with Gasteiger partial charge < -0.3 is 10.1 Å². The van der Waals surface area contributed by atoms with Crippen molar-refractivity contribution in [2.45, 2.75) is 19.3 Å². The van der Waals surface area contributed by atoms with Crippen molar-refractivity contribution >= 4 is 17.2 Å². The van der Waals surface area contributed by atoms with E-state index >= 15 is 0 Å². The van der Waals surface area contributed by atoms with E-state index in [0.29, 0.717) is 12.1 Å². The molecule has 4 heteroatoms. The summed E-state index contributed by atoms with van der Waals surface area (Å²) in [6.07, 6.45) is 3.50. The summed E-state index contributed by atoms with van der Waals surface area (Å²) >= 11 is 1.68. The molecule has 3 rings (SSSR count). The van der Waals surface area contributed by atoms with Gasteiger partial charge in [-0.2, -0.15) is 11.3 Å². The summed E-state index contributed by atoms with van der Waals surface area (Å²) in [4.78, 5) is 12.3. The maximum absolute atomic E-state index is 12.3. The minimum Gasteiger partial charge on any atom is -0.384 e. The molecule has 0 unspecified atom stereocenters. The van der Waals surface area contributed by atoms with Crippen LogP contribution >= 0.6 is 11.3 Å². The highest BCUT2D eigenvalue weighted by Crippen LogP contribution is 2.40. The van der Waals surface area contributed by atoms with Crippen molar-refractivity contribution < 1.29 is 9.53 Å². The fraction of sp³-hybridized carbons (Fsp3) is 0.389. The van der Waals surface area contributed by atoms with E-state index in [1.807, 2.05) is 24.3 Å². The molecule has 1 heterocycles. The van der Waals surface area contributed by atoms with E-state index in [0.717, 1.165) is 25.0 Å². The Labute approximate surface area is 135 Å². The Hall–Kier alpha value is -1.65. The summed E-state index contributed by atoms with van der Waals surface area (Å²) in [6.45, 7) is 1.43. The standard InChI is InChI=1S/C18H21NO2S/c1-21-13-18(8-2-9-18)12-19-17(20)15-5-3-14(4-6-15)16-7-10-22-11-16/h3-7,10-11H,2,8-9,12-13H2,1H3,(H,19,20). The van der Waals surface area contributed by atoms with Gasteiger partial charge in [-0.3, -0.25) is 4.79 Å². The van der Waals surface area contributed by atoms with Crippen molar-refractivity contribution in [3.63, 3.8) is 0 Å². The van der Waals surface area contributed by atoms with Crippen LogP contribution in [0.2, 0.25) is 0 Å². The number of nitrogens with one attached hydrogen (secondary N) is 1. The van der Waals surface area contributed by atoms with Crippen molar-refractivity contribution in [1.29, 1.82) is 0 Å². The number of hydrogen-bond acceptors (Lipinski definition) is 3. The average Bonchev–Trinajstić information content (AvgIpc) is 3.04. The van der Waals surface area contributed by atoms with Gasteiger partial charge in [0.15, 0.2) is 0 Å². The molecule has 0 spiro atoms. The lowest BCUT2D eigenvalue weighted by Gasteiger charge is -2.41. The van der Waals surface area contributed by atoms with E-state index in [-0.39, 0.29) is 11.3 Å². The minimum atomic E-state index is -0.000698. The van der Waals surface area contributed by atoms with Crippen LogP contribution in [0.3, 0.4) is 0 Å². The SMILES string of the molecule is COCC1(CNC(=O)c2ccc(-c3ccsc3)cc2)CCC1. The topological polar surface area (TPSA) is 38.3 Å². The third-order valence-corrected chi connectivity index (χ3v) is 5.17. The van der Waals surface area contributed by atoms with Crippen LogP contribution in [0.5, 0.6) is 0 Å². The van der Waals surface area contributed by atoms with E-state index in [4.69, 9.17) is 4.74 Å². The van der Waals surface area contributed by atoms with E-state index in [1.165, 1.54) is 12.0 Å². The molecule has 0 bridgehead atoms. The number of carbonyl (C=O) groups is 1. The second-order valence-electron chi connectivity index (χ2n) is 6.06. The molecule has 1 aromatic carbocycles. The van der Waals surface area contributed by atoms with Crippen LogP contribution in [0.25, 0.3) is 11.1 Å². The maximum atomic E-state index is 12.3.